The van der Waals surface area contributed by atoms with Crippen molar-refractivity contribution in [2.75, 3.05) is 25.0 Å². The fourth-order valence-corrected chi connectivity index (χ4v) is 4.25. The topological polar surface area (TPSA) is 89.3 Å². The number of fused-ring (bicyclic) bond motifs is 2. The molecule has 8 heteroatoms. The van der Waals surface area contributed by atoms with Crippen LogP contribution >= 0.6 is 0 Å². The first-order chi connectivity index (χ1) is 16.5. The van der Waals surface area contributed by atoms with Crippen molar-refractivity contribution in [1.29, 1.82) is 0 Å². The molecule has 2 aromatic heterocycles. The molecule has 1 N–H and O–H groups in total. The van der Waals surface area contributed by atoms with Crippen LogP contribution in [-0.4, -0.2) is 51.2 Å². The third-order valence-corrected chi connectivity index (χ3v) is 5.98. The van der Waals surface area contributed by atoms with Gasteiger partial charge in [0.1, 0.15) is 5.82 Å². The monoisotopic (exact) mass is 455 g/mol. The Morgan fingerprint density at radius 1 is 1.15 bits per heavy atom. The van der Waals surface area contributed by atoms with Crippen molar-refractivity contribution in [2.24, 2.45) is 7.05 Å². The molecule has 2 aromatic carbocycles. The maximum absolute atomic E-state index is 12.9. The summed E-state index contributed by atoms with van der Waals surface area (Å²) in [6.07, 6.45) is 5.60. The predicted octanol–water partition coefficient (Wildman–Crippen LogP) is 3.88. The normalized spacial score (nSPS) is 12.8. The lowest BCUT2D eigenvalue weighted by atomic mass is 10.0. The van der Waals surface area contributed by atoms with Gasteiger partial charge in [-0.3, -0.25) is 9.48 Å². The van der Waals surface area contributed by atoms with Gasteiger partial charge in [0, 0.05) is 55.6 Å². The minimum absolute atomic E-state index is 0.0762. The van der Waals surface area contributed by atoms with E-state index in [4.69, 9.17) is 4.74 Å². The smallest absolute Gasteiger partial charge is 0.338 e. The van der Waals surface area contributed by atoms with Crippen LogP contribution in [0.5, 0.6) is 0 Å². The Hall–Kier alpha value is -4.20. The molecule has 0 radical (unpaired) electrons. The van der Waals surface area contributed by atoms with E-state index in [1.165, 1.54) is 0 Å². The molecule has 4 aromatic rings. The lowest BCUT2D eigenvalue weighted by molar-refractivity contribution is 0.0526. The zero-order chi connectivity index (χ0) is 23.7. The van der Waals surface area contributed by atoms with Crippen LogP contribution in [0.3, 0.4) is 0 Å². The first kappa shape index (κ1) is 21.6. The van der Waals surface area contributed by atoms with Crippen LogP contribution in [0.2, 0.25) is 0 Å². The van der Waals surface area contributed by atoms with Gasteiger partial charge in [0.15, 0.2) is 0 Å². The van der Waals surface area contributed by atoms with Crippen molar-refractivity contribution < 1.29 is 14.3 Å². The number of aryl methyl sites for hydroxylation is 1. The van der Waals surface area contributed by atoms with Gasteiger partial charge >= 0.3 is 5.97 Å². The summed E-state index contributed by atoms with van der Waals surface area (Å²) < 4.78 is 6.83. The Kier molecular flexibility index (Phi) is 5.71. The van der Waals surface area contributed by atoms with Gasteiger partial charge in [0.25, 0.3) is 5.91 Å². The van der Waals surface area contributed by atoms with Crippen LogP contribution in [0.25, 0.3) is 21.9 Å². The van der Waals surface area contributed by atoms with E-state index in [1.807, 2.05) is 31.6 Å². The second kappa shape index (κ2) is 8.97. The Labute approximate surface area is 197 Å². The van der Waals surface area contributed by atoms with Crippen LogP contribution in [0.15, 0.2) is 61.1 Å². The molecule has 0 spiro atoms. The quantitative estimate of drug-likeness (QED) is 0.426. The first-order valence-corrected chi connectivity index (χ1v) is 11.2. The van der Waals surface area contributed by atoms with Gasteiger partial charge in [0.05, 0.1) is 18.4 Å². The maximum Gasteiger partial charge on any atom is 0.338 e. The van der Waals surface area contributed by atoms with Crippen molar-refractivity contribution in [3.05, 3.63) is 77.7 Å². The number of carbonyl (C=O) groups excluding carboxylic acids is 2. The zero-order valence-corrected chi connectivity index (χ0v) is 19.1. The van der Waals surface area contributed by atoms with Gasteiger partial charge in [0.2, 0.25) is 0 Å². The second-order valence-electron chi connectivity index (χ2n) is 8.24. The molecule has 0 atom stereocenters. The molecule has 3 heterocycles. The Morgan fingerprint density at radius 2 is 2.03 bits per heavy atom. The lowest BCUT2D eigenvalue weighted by Crippen LogP contribution is -2.29. The van der Waals surface area contributed by atoms with E-state index in [0.29, 0.717) is 37.4 Å². The summed E-state index contributed by atoms with van der Waals surface area (Å²) in [5.41, 5.74) is 4.00. The maximum atomic E-state index is 12.9. The van der Waals surface area contributed by atoms with Gasteiger partial charge < -0.3 is 15.0 Å². The number of anilines is 1. The highest BCUT2D eigenvalue weighted by molar-refractivity contribution is 6.01. The van der Waals surface area contributed by atoms with E-state index in [2.05, 4.69) is 33.6 Å². The number of nitrogens with one attached hydrogen (secondary N) is 1. The third-order valence-electron chi connectivity index (χ3n) is 5.98. The minimum atomic E-state index is -0.411. The van der Waals surface area contributed by atoms with Crippen LogP contribution in [-0.2, 0) is 18.3 Å². The standard InChI is InChI=1S/C26H25N5O3/c1-3-34-26(33)19-6-7-20-16-31(25(32)23(20)13-19)11-10-28-24-22-12-18(21-14-29-30(2)15-21)5-4-17(22)8-9-27-24/h4-9,12-15H,3,10-11,16H2,1-2H3,(H,27,28). The van der Waals surface area contributed by atoms with Crippen molar-refractivity contribution in [3.8, 4) is 11.1 Å². The SMILES string of the molecule is CCOC(=O)c1ccc2c(c1)C(=O)N(CCNc1nccc3ccc(-c4cnn(C)c4)cc13)C2. The summed E-state index contributed by atoms with van der Waals surface area (Å²) in [4.78, 5) is 31.2. The molecule has 0 bridgehead atoms. The Bertz CT molecular complexity index is 1390. The fraction of sp³-hybridized carbons (Fsp3) is 0.231. The summed E-state index contributed by atoms with van der Waals surface area (Å²) in [7, 11) is 1.90. The van der Waals surface area contributed by atoms with Gasteiger partial charge in [-0.1, -0.05) is 18.2 Å². The highest BCUT2D eigenvalue weighted by Gasteiger charge is 2.28. The summed E-state index contributed by atoms with van der Waals surface area (Å²) in [5, 5.41) is 9.75. The summed E-state index contributed by atoms with van der Waals surface area (Å²) in [6, 6.07) is 13.4. The summed E-state index contributed by atoms with van der Waals surface area (Å²) in [6.45, 7) is 3.65. The highest BCUT2D eigenvalue weighted by atomic mass is 16.5. The van der Waals surface area contributed by atoms with Gasteiger partial charge in [-0.2, -0.15) is 5.10 Å². The Balaban J connectivity index is 1.29. The van der Waals surface area contributed by atoms with Crippen molar-refractivity contribution in [3.63, 3.8) is 0 Å². The number of hydrogen-bond acceptors (Lipinski definition) is 6. The number of pyridine rings is 1. The molecule has 1 aliphatic rings. The number of amides is 1. The van der Waals surface area contributed by atoms with Crippen LogP contribution in [0.4, 0.5) is 5.82 Å². The zero-order valence-electron chi connectivity index (χ0n) is 19.1. The largest absolute Gasteiger partial charge is 0.462 e. The molecule has 1 amide bonds. The van der Waals surface area contributed by atoms with Crippen molar-refractivity contribution in [2.45, 2.75) is 13.5 Å². The molecule has 1 aliphatic heterocycles. The molecule has 34 heavy (non-hydrogen) atoms. The number of rotatable bonds is 7. The average molecular weight is 456 g/mol. The van der Waals surface area contributed by atoms with Crippen LogP contribution < -0.4 is 5.32 Å². The third kappa shape index (κ3) is 4.10. The molecule has 172 valence electrons. The van der Waals surface area contributed by atoms with Gasteiger partial charge in [-0.15, -0.1) is 0 Å². The molecule has 0 aliphatic carbocycles. The fourth-order valence-electron chi connectivity index (χ4n) is 4.25. The predicted molar refractivity (Wildman–Crippen MR) is 130 cm³/mol. The first-order valence-electron chi connectivity index (χ1n) is 11.2. The summed E-state index contributed by atoms with van der Waals surface area (Å²) in [5.74, 6) is 0.288. The molecule has 5 rings (SSSR count). The number of carbonyl (C=O) groups is 2. The van der Waals surface area contributed by atoms with Crippen LogP contribution in [0.1, 0.15) is 33.2 Å². The molecular formula is C26H25N5O3. The van der Waals surface area contributed by atoms with Crippen molar-refractivity contribution >= 4 is 28.5 Å². The molecule has 8 nitrogen and oxygen atoms in total. The lowest BCUT2D eigenvalue weighted by Gasteiger charge is -2.17. The molecule has 0 fully saturated rings. The van der Waals surface area contributed by atoms with E-state index >= 15 is 0 Å². The van der Waals surface area contributed by atoms with E-state index in [1.54, 1.807) is 34.8 Å². The van der Waals surface area contributed by atoms with E-state index in [-0.39, 0.29) is 5.91 Å². The van der Waals surface area contributed by atoms with Crippen LogP contribution in [0, 0.1) is 0 Å². The number of aromatic nitrogens is 3. The Morgan fingerprint density at radius 3 is 2.82 bits per heavy atom. The van der Waals surface area contributed by atoms with E-state index in [0.717, 1.165) is 33.3 Å². The van der Waals surface area contributed by atoms with E-state index < -0.39 is 5.97 Å². The molecule has 0 unspecified atom stereocenters. The number of esters is 1. The van der Waals surface area contributed by atoms with Gasteiger partial charge in [-0.25, -0.2) is 9.78 Å². The van der Waals surface area contributed by atoms with Crippen molar-refractivity contribution in [1.82, 2.24) is 19.7 Å². The highest BCUT2D eigenvalue weighted by Crippen LogP contribution is 2.28. The van der Waals surface area contributed by atoms with E-state index in [9.17, 15) is 9.59 Å². The second-order valence-corrected chi connectivity index (χ2v) is 8.24. The molecular weight excluding hydrogens is 430 g/mol. The number of benzene rings is 2. The molecule has 0 saturated heterocycles. The number of hydrogen-bond donors (Lipinski definition) is 1. The molecule has 0 saturated carbocycles. The van der Waals surface area contributed by atoms with Gasteiger partial charge in [-0.05, 0) is 47.7 Å². The average Bonchev–Trinajstić information content (AvgIpc) is 3.42. The minimum Gasteiger partial charge on any atom is -0.462 e. The summed E-state index contributed by atoms with van der Waals surface area (Å²) >= 11 is 0. The number of nitrogens with zero attached hydrogens (tertiary/aromatic N) is 4. The number of ether oxygens (including phenoxy) is 1.